The number of hydrogen-bond donors (Lipinski definition) is 1. The Kier molecular flexibility index (Phi) is 5.49. The van der Waals surface area contributed by atoms with E-state index in [1.807, 2.05) is 38.5 Å². The molecular formula is C21H25N3O. The summed E-state index contributed by atoms with van der Waals surface area (Å²) < 4.78 is 0. The van der Waals surface area contributed by atoms with Crippen LogP contribution in [-0.4, -0.2) is 31.4 Å². The minimum absolute atomic E-state index is 0.202. The second-order valence-electron chi connectivity index (χ2n) is 6.72. The van der Waals surface area contributed by atoms with Crippen LogP contribution in [0.3, 0.4) is 0 Å². The summed E-state index contributed by atoms with van der Waals surface area (Å²) in [6.45, 7) is 0.794. The first-order chi connectivity index (χ1) is 12.1. The summed E-state index contributed by atoms with van der Waals surface area (Å²) in [4.78, 5) is 18.5. The highest BCUT2D eigenvalue weighted by molar-refractivity contribution is 5.92. The third-order valence-corrected chi connectivity index (χ3v) is 4.59. The highest BCUT2D eigenvalue weighted by Gasteiger charge is 2.22. The van der Waals surface area contributed by atoms with E-state index in [0.717, 1.165) is 30.8 Å². The van der Waals surface area contributed by atoms with Crippen molar-refractivity contribution in [2.75, 3.05) is 25.5 Å². The summed E-state index contributed by atoms with van der Waals surface area (Å²) in [5, 5.41) is 3.42. The first kappa shape index (κ1) is 17.2. The monoisotopic (exact) mass is 335 g/mol. The molecule has 0 unspecified atom stereocenters. The van der Waals surface area contributed by atoms with Crippen LogP contribution in [-0.2, 0) is 11.2 Å². The third-order valence-electron chi connectivity index (χ3n) is 4.59. The summed E-state index contributed by atoms with van der Waals surface area (Å²) >= 11 is 0. The molecule has 0 radical (unpaired) electrons. The van der Waals surface area contributed by atoms with Crippen LogP contribution >= 0.6 is 0 Å². The lowest BCUT2D eigenvalue weighted by molar-refractivity contribution is -0.115. The van der Waals surface area contributed by atoms with Crippen molar-refractivity contribution >= 4 is 11.5 Å². The SMILES string of the molecule is CN(C)c1ccc([C@H]2CC(=O)C=C(NCCc3ccccn3)C2)cc1. The molecule has 1 aliphatic carbocycles. The fourth-order valence-electron chi connectivity index (χ4n) is 3.19. The van der Waals surface area contributed by atoms with E-state index in [2.05, 4.69) is 39.5 Å². The molecule has 0 saturated carbocycles. The van der Waals surface area contributed by atoms with Gasteiger partial charge in [-0.15, -0.1) is 0 Å². The molecular weight excluding hydrogens is 310 g/mol. The lowest BCUT2D eigenvalue weighted by Crippen LogP contribution is -2.24. The molecule has 0 spiro atoms. The van der Waals surface area contributed by atoms with Crippen LogP contribution in [0.2, 0.25) is 0 Å². The fourth-order valence-corrected chi connectivity index (χ4v) is 3.19. The number of carbonyl (C=O) groups excluding carboxylic acids is 1. The molecule has 1 atom stereocenters. The summed E-state index contributed by atoms with van der Waals surface area (Å²) in [6, 6.07) is 14.5. The number of allylic oxidation sites excluding steroid dienone is 2. The molecule has 1 N–H and O–H groups in total. The number of pyridine rings is 1. The van der Waals surface area contributed by atoms with Crippen LogP contribution in [0.5, 0.6) is 0 Å². The minimum atomic E-state index is 0.202. The lowest BCUT2D eigenvalue weighted by atomic mass is 9.85. The van der Waals surface area contributed by atoms with Gasteiger partial charge in [0.1, 0.15) is 0 Å². The Labute approximate surface area is 149 Å². The van der Waals surface area contributed by atoms with Gasteiger partial charge in [-0.2, -0.15) is 0 Å². The summed E-state index contributed by atoms with van der Waals surface area (Å²) in [5.41, 5.74) is 4.51. The second kappa shape index (κ2) is 7.97. The number of nitrogens with one attached hydrogen (secondary N) is 1. The Hall–Kier alpha value is -2.62. The van der Waals surface area contributed by atoms with E-state index in [-0.39, 0.29) is 11.7 Å². The van der Waals surface area contributed by atoms with Gasteiger partial charge in [-0.05, 0) is 42.2 Å². The molecule has 0 amide bonds. The van der Waals surface area contributed by atoms with Gasteiger partial charge in [0.2, 0.25) is 0 Å². The average molecular weight is 335 g/mol. The Morgan fingerprint density at radius 2 is 1.92 bits per heavy atom. The molecule has 4 nitrogen and oxygen atoms in total. The quantitative estimate of drug-likeness (QED) is 0.880. The Bertz CT molecular complexity index is 735. The van der Waals surface area contributed by atoms with Gasteiger partial charge < -0.3 is 10.2 Å². The molecule has 25 heavy (non-hydrogen) atoms. The zero-order chi connectivity index (χ0) is 17.6. The Balaban J connectivity index is 1.59. The van der Waals surface area contributed by atoms with E-state index in [4.69, 9.17) is 0 Å². The number of ketones is 1. The molecule has 130 valence electrons. The highest BCUT2D eigenvalue weighted by Crippen LogP contribution is 2.31. The zero-order valence-corrected chi connectivity index (χ0v) is 14.9. The number of nitrogens with zero attached hydrogens (tertiary/aromatic N) is 2. The molecule has 4 heteroatoms. The van der Waals surface area contributed by atoms with Crippen molar-refractivity contribution in [3.63, 3.8) is 0 Å². The number of hydrogen-bond acceptors (Lipinski definition) is 4. The maximum absolute atomic E-state index is 12.1. The van der Waals surface area contributed by atoms with Crippen LogP contribution in [0.1, 0.15) is 30.0 Å². The Morgan fingerprint density at radius 1 is 1.12 bits per heavy atom. The molecule has 0 bridgehead atoms. The predicted octanol–water partition coefficient (Wildman–Crippen LogP) is 3.31. The van der Waals surface area contributed by atoms with Crippen molar-refractivity contribution in [3.05, 3.63) is 71.7 Å². The van der Waals surface area contributed by atoms with Crippen LogP contribution < -0.4 is 10.2 Å². The predicted molar refractivity (Wildman–Crippen MR) is 102 cm³/mol. The lowest BCUT2D eigenvalue weighted by Gasteiger charge is -2.24. The summed E-state index contributed by atoms with van der Waals surface area (Å²) in [6.07, 6.45) is 5.91. The first-order valence-corrected chi connectivity index (χ1v) is 8.76. The minimum Gasteiger partial charge on any atom is -0.388 e. The number of anilines is 1. The van der Waals surface area contributed by atoms with Crippen molar-refractivity contribution in [1.82, 2.24) is 10.3 Å². The molecule has 1 heterocycles. The third kappa shape index (κ3) is 4.69. The van der Waals surface area contributed by atoms with E-state index < -0.39 is 0 Å². The topological polar surface area (TPSA) is 45.2 Å². The van der Waals surface area contributed by atoms with Crippen molar-refractivity contribution in [3.8, 4) is 0 Å². The van der Waals surface area contributed by atoms with Gasteiger partial charge in [-0.3, -0.25) is 9.78 Å². The maximum Gasteiger partial charge on any atom is 0.158 e. The first-order valence-electron chi connectivity index (χ1n) is 8.76. The second-order valence-corrected chi connectivity index (χ2v) is 6.72. The van der Waals surface area contributed by atoms with Gasteiger partial charge in [0.25, 0.3) is 0 Å². The van der Waals surface area contributed by atoms with Gasteiger partial charge in [-0.1, -0.05) is 18.2 Å². The standard InChI is InChI=1S/C21H25N3O/c1-24(2)20-8-6-16(7-9-20)17-13-19(15-21(25)14-17)23-12-10-18-5-3-4-11-22-18/h3-9,11,15,17,23H,10,12-14H2,1-2H3/t17-/m1/s1. The van der Waals surface area contributed by atoms with E-state index >= 15 is 0 Å². The zero-order valence-electron chi connectivity index (χ0n) is 14.9. The largest absolute Gasteiger partial charge is 0.388 e. The number of rotatable bonds is 6. The average Bonchev–Trinajstić information content (AvgIpc) is 2.62. The van der Waals surface area contributed by atoms with E-state index in [9.17, 15) is 4.79 Å². The Morgan fingerprint density at radius 3 is 2.60 bits per heavy atom. The molecule has 1 aromatic carbocycles. The normalized spacial score (nSPS) is 17.1. The van der Waals surface area contributed by atoms with Gasteiger partial charge in [0.15, 0.2) is 5.78 Å². The van der Waals surface area contributed by atoms with Crippen LogP contribution in [0.4, 0.5) is 5.69 Å². The molecule has 0 fully saturated rings. The molecule has 2 aromatic rings. The van der Waals surface area contributed by atoms with Gasteiger partial charge >= 0.3 is 0 Å². The number of carbonyl (C=O) groups is 1. The van der Waals surface area contributed by atoms with Crippen molar-refractivity contribution in [2.45, 2.75) is 25.2 Å². The molecule has 1 aromatic heterocycles. The van der Waals surface area contributed by atoms with E-state index in [0.29, 0.717) is 6.42 Å². The van der Waals surface area contributed by atoms with Gasteiger partial charge in [0.05, 0.1) is 0 Å². The summed E-state index contributed by atoms with van der Waals surface area (Å²) in [7, 11) is 4.07. The molecule has 0 saturated heterocycles. The highest BCUT2D eigenvalue weighted by atomic mass is 16.1. The van der Waals surface area contributed by atoms with Crippen LogP contribution in [0, 0.1) is 0 Å². The van der Waals surface area contributed by atoms with Gasteiger partial charge in [-0.25, -0.2) is 0 Å². The van der Waals surface area contributed by atoms with Crippen molar-refractivity contribution < 1.29 is 4.79 Å². The number of benzene rings is 1. The molecule has 1 aliphatic rings. The van der Waals surface area contributed by atoms with Crippen LogP contribution in [0.25, 0.3) is 0 Å². The fraction of sp³-hybridized carbons (Fsp3) is 0.333. The van der Waals surface area contributed by atoms with Crippen molar-refractivity contribution in [2.24, 2.45) is 0 Å². The van der Waals surface area contributed by atoms with E-state index in [1.165, 1.54) is 11.3 Å². The van der Waals surface area contributed by atoms with Gasteiger partial charge in [0, 0.05) is 62.8 Å². The summed E-state index contributed by atoms with van der Waals surface area (Å²) in [5.74, 6) is 0.458. The molecule has 0 aliphatic heterocycles. The van der Waals surface area contributed by atoms with Crippen molar-refractivity contribution in [1.29, 1.82) is 0 Å². The number of aromatic nitrogens is 1. The van der Waals surface area contributed by atoms with E-state index in [1.54, 1.807) is 6.08 Å². The molecule has 3 rings (SSSR count). The maximum atomic E-state index is 12.1. The smallest absolute Gasteiger partial charge is 0.158 e. The van der Waals surface area contributed by atoms with Crippen LogP contribution in [0.15, 0.2) is 60.4 Å².